The van der Waals surface area contributed by atoms with Gasteiger partial charge in [0.25, 0.3) is 0 Å². The van der Waals surface area contributed by atoms with E-state index < -0.39 is 11.8 Å². The smallest absolute Gasteiger partial charge is 0.356 e. The van der Waals surface area contributed by atoms with E-state index in [1.807, 2.05) is 0 Å². The molecule has 1 N–H and O–H groups in total. The van der Waals surface area contributed by atoms with Gasteiger partial charge in [-0.25, -0.2) is 18.6 Å². The summed E-state index contributed by atoms with van der Waals surface area (Å²) in [5, 5.41) is 0.658. The van der Waals surface area contributed by atoms with Crippen LogP contribution in [0.25, 0.3) is 22.2 Å². The number of aromatic nitrogens is 2. The van der Waals surface area contributed by atoms with Crippen LogP contribution in [0.5, 0.6) is 5.75 Å². The fourth-order valence-corrected chi connectivity index (χ4v) is 3.54. The molecule has 0 unspecified atom stereocenters. The summed E-state index contributed by atoms with van der Waals surface area (Å²) >= 11 is 0. The third kappa shape index (κ3) is 4.12. The van der Waals surface area contributed by atoms with Crippen LogP contribution in [0.1, 0.15) is 28.7 Å². The third-order valence-corrected chi connectivity index (χ3v) is 4.95. The van der Waals surface area contributed by atoms with Gasteiger partial charge >= 0.3 is 5.97 Å². The Morgan fingerprint density at radius 3 is 2.58 bits per heavy atom. The number of aromatic amines is 1. The number of nitrogens with zero attached hydrogens (tertiary/aromatic N) is 1. The molecular weight excluding hydrogens is 402 g/mol. The number of halogens is 2. The second-order valence-electron chi connectivity index (χ2n) is 6.93. The molecule has 2 aromatic carbocycles. The average Bonchev–Trinajstić information content (AvgIpc) is 3.11. The van der Waals surface area contributed by atoms with Gasteiger partial charge in [-0.15, -0.1) is 0 Å². The summed E-state index contributed by atoms with van der Waals surface area (Å²) in [5.41, 5.74) is 3.72. The largest absolute Gasteiger partial charge is 0.491 e. The molecule has 0 aliphatic rings. The topological polar surface area (TPSA) is 64.2 Å². The van der Waals surface area contributed by atoms with E-state index >= 15 is 0 Å². The van der Waals surface area contributed by atoms with Crippen LogP contribution in [0.2, 0.25) is 0 Å². The van der Waals surface area contributed by atoms with Crippen molar-refractivity contribution in [2.24, 2.45) is 0 Å². The van der Waals surface area contributed by atoms with Crippen LogP contribution in [-0.4, -0.2) is 29.7 Å². The maximum Gasteiger partial charge on any atom is 0.356 e. The SMILES string of the molecule is CCOc1cc2[nH]c(-c3ccc(F)cc3)c(Cc3cccc(C(=O)OC)n3)c2cc1F. The molecule has 0 aliphatic heterocycles. The number of ether oxygens (including phenoxy) is 2. The molecule has 0 saturated carbocycles. The predicted molar refractivity (Wildman–Crippen MR) is 113 cm³/mol. The van der Waals surface area contributed by atoms with Crippen LogP contribution < -0.4 is 4.74 Å². The van der Waals surface area contributed by atoms with E-state index in [1.54, 1.807) is 43.3 Å². The molecule has 4 rings (SSSR count). The predicted octanol–water partition coefficient (Wildman–Crippen LogP) is 5.28. The lowest BCUT2D eigenvalue weighted by molar-refractivity contribution is 0.0593. The molecular formula is C24H20F2N2O3. The van der Waals surface area contributed by atoms with Crippen molar-refractivity contribution in [1.29, 1.82) is 0 Å². The van der Waals surface area contributed by atoms with E-state index in [2.05, 4.69) is 9.97 Å². The first-order valence-electron chi connectivity index (χ1n) is 9.77. The lowest BCUT2D eigenvalue weighted by atomic mass is 10.0. The molecule has 0 bridgehead atoms. The minimum Gasteiger partial charge on any atom is -0.491 e. The number of fused-ring (bicyclic) bond motifs is 1. The van der Waals surface area contributed by atoms with Gasteiger partial charge in [0, 0.05) is 23.6 Å². The van der Waals surface area contributed by atoms with Crippen molar-refractivity contribution in [1.82, 2.24) is 9.97 Å². The van der Waals surface area contributed by atoms with Crippen molar-refractivity contribution in [3.05, 3.63) is 83.2 Å². The molecule has 0 atom stereocenters. The van der Waals surface area contributed by atoms with Crippen molar-refractivity contribution in [3.63, 3.8) is 0 Å². The Morgan fingerprint density at radius 1 is 1.10 bits per heavy atom. The number of carbonyl (C=O) groups excluding carboxylic acids is 1. The minimum atomic E-state index is -0.535. The second kappa shape index (κ2) is 8.55. The first-order valence-corrected chi connectivity index (χ1v) is 9.77. The number of esters is 1. The summed E-state index contributed by atoms with van der Waals surface area (Å²) in [6.07, 6.45) is 0.324. The third-order valence-electron chi connectivity index (χ3n) is 4.95. The van der Waals surface area contributed by atoms with Crippen LogP contribution in [0, 0.1) is 11.6 Å². The van der Waals surface area contributed by atoms with Gasteiger partial charge in [0.1, 0.15) is 11.5 Å². The highest BCUT2D eigenvalue weighted by atomic mass is 19.1. The van der Waals surface area contributed by atoms with Crippen molar-refractivity contribution < 1.29 is 23.0 Å². The quantitative estimate of drug-likeness (QED) is 0.429. The lowest BCUT2D eigenvalue weighted by Gasteiger charge is -2.08. The van der Waals surface area contributed by atoms with E-state index in [1.165, 1.54) is 25.3 Å². The van der Waals surface area contributed by atoms with E-state index in [4.69, 9.17) is 9.47 Å². The zero-order chi connectivity index (χ0) is 22.0. The number of benzene rings is 2. The van der Waals surface area contributed by atoms with Crippen LogP contribution >= 0.6 is 0 Å². The molecule has 0 amide bonds. The second-order valence-corrected chi connectivity index (χ2v) is 6.93. The Bertz CT molecular complexity index is 1250. The summed E-state index contributed by atoms with van der Waals surface area (Å²) in [4.78, 5) is 19.5. The maximum atomic E-state index is 14.6. The van der Waals surface area contributed by atoms with Gasteiger partial charge in [-0.3, -0.25) is 0 Å². The Labute approximate surface area is 177 Å². The Kier molecular flexibility index (Phi) is 5.66. The van der Waals surface area contributed by atoms with Crippen molar-refractivity contribution >= 4 is 16.9 Å². The summed E-state index contributed by atoms with van der Waals surface area (Å²) in [7, 11) is 1.29. The summed E-state index contributed by atoms with van der Waals surface area (Å²) in [5.74, 6) is -1.21. The van der Waals surface area contributed by atoms with Gasteiger partial charge in [-0.1, -0.05) is 6.07 Å². The molecule has 5 nitrogen and oxygen atoms in total. The van der Waals surface area contributed by atoms with Gasteiger partial charge < -0.3 is 14.5 Å². The summed E-state index contributed by atoms with van der Waals surface area (Å²) in [6, 6.07) is 14.1. The molecule has 0 aliphatic carbocycles. The van der Waals surface area contributed by atoms with Gasteiger partial charge in [-0.2, -0.15) is 0 Å². The number of hydrogen-bond donors (Lipinski definition) is 1. The number of nitrogens with one attached hydrogen (secondary N) is 1. The van der Waals surface area contributed by atoms with Crippen molar-refractivity contribution in [3.8, 4) is 17.0 Å². The van der Waals surface area contributed by atoms with Crippen molar-refractivity contribution in [2.75, 3.05) is 13.7 Å². The number of rotatable bonds is 6. The van der Waals surface area contributed by atoms with Gasteiger partial charge in [-0.05, 0) is 60.5 Å². The number of methoxy groups -OCH3 is 1. The maximum absolute atomic E-state index is 14.6. The fraction of sp³-hybridized carbons (Fsp3) is 0.167. The molecule has 2 heterocycles. The van der Waals surface area contributed by atoms with Crippen LogP contribution in [0.4, 0.5) is 8.78 Å². The number of carbonyl (C=O) groups is 1. The summed E-state index contributed by atoms with van der Waals surface area (Å²) < 4.78 is 38.2. The van der Waals surface area contributed by atoms with Gasteiger partial charge in [0.15, 0.2) is 11.6 Å². The number of hydrogen-bond acceptors (Lipinski definition) is 4. The molecule has 0 spiro atoms. The molecule has 7 heteroatoms. The highest BCUT2D eigenvalue weighted by Gasteiger charge is 2.18. The molecule has 4 aromatic rings. The monoisotopic (exact) mass is 422 g/mol. The lowest BCUT2D eigenvalue weighted by Crippen LogP contribution is -2.06. The first-order chi connectivity index (χ1) is 15.0. The van der Waals surface area contributed by atoms with E-state index in [9.17, 15) is 13.6 Å². The summed E-state index contributed by atoms with van der Waals surface area (Å²) in [6.45, 7) is 2.12. The van der Waals surface area contributed by atoms with Gasteiger partial charge in [0.05, 0.1) is 24.9 Å². The fourth-order valence-electron chi connectivity index (χ4n) is 3.54. The van der Waals surface area contributed by atoms with E-state index in [0.717, 1.165) is 11.1 Å². The van der Waals surface area contributed by atoms with Gasteiger partial charge in [0.2, 0.25) is 0 Å². The number of H-pyrrole nitrogens is 1. The Hall–Kier alpha value is -3.74. The molecule has 0 fully saturated rings. The highest BCUT2D eigenvalue weighted by Crippen LogP contribution is 2.35. The first kappa shape index (κ1) is 20.5. The molecule has 31 heavy (non-hydrogen) atoms. The van der Waals surface area contributed by atoms with E-state index in [-0.39, 0.29) is 17.3 Å². The molecule has 158 valence electrons. The zero-order valence-electron chi connectivity index (χ0n) is 17.0. The Morgan fingerprint density at radius 2 is 1.87 bits per heavy atom. The molecule has 0 saturated heterocycles. The van der Waals surface area contributed by atoms with Crippen LogP contribution in [0.3, 0.4) is 0 Å². The van der Waals surface area contributed by atoms with Crippen molar-refractivity contribution in [2.45, 2.75) is 13.3 Å². The standard InChI is InChI=1S/C24H20F2N2O3/c1-3-31-22-13-21-17(12-19(22)26)18(23(28-21)14-7-9-15(25)10-8-14)11-16-5-4-6-20(27-16)24(29)30-2/h4-10,12-13,28H,3,11H2,1-2H3. The molecule has 0 radical (unpaired) electrons. The Balaban J connectivity index is 1.87. The zero-order valence-corrected chi connectivity index (χ0v) is 17.0. The van der Waals surface area contributed by atoms with E-state index in [0.29, 0.717) is 35.3 Å². The minimum absolute atomic E-state index is 0.152. The highest BCUT2D eigenvalue weighted by molar-refractivity contribution is 5.92. The number of pyridine rings is 1. The van der Waals surface area contributed by atoms with Crippen LogP contribution in [0.15, 0.2) is 54.6 Å². The van der Waals surface area contributed by atoms with Crippen LogP contribution in [-0.2, 0) is 11.2 Å². The normalized spacial score (nSPS) is 11.0. The molecule has 2 aromatic heterocycles. The average molecular weight is 422 g/mol.